The Morgan fingerprint density at radius 2 is 2.00 bits per heavy atom. The Bertz CT molecular complexity index is 419. The number of nitrogens with two attached hydrogens (primary N) is 1. The summed E-state index contributed by atoms with van der Waals surface area (Å²) in [6.07, 6.45) is 6.23. The molecule has 0 saturated heterocycles. The molecule has 1 aromatic carbocycles. The van der Waals surface area contributed by atoms with E-state index in [1.807, 2.05) is 12.1 Å². The zero-order valence-corrected chi connectivity index (χ0v) is 10.0. The quantitative estimate of drug-likeness (QED) is 0.603. The first kappa shape index (κ1) is 10.9. The first-order valence-corrected chi connectivity index (χ1v) is 6.61. The summed E-state index contributed by atoms with van der Waals surface area (Å²) in [6.45, 7) is 0. The van der Waals surface area contributed by atoms with E-state index in [9.17, 15) is 5.11 Å². The summed E-state index contributed by atoms with van der Waals surface area (Å²) in [5.74, 6) is 0.854. The van der Waals surface area contributed by atoms with Crippen LogP contribution in [0.1, 0.15) is 43.7 Å². The fraction of sp³-hybridized carbons (Fsp3) is 0.571. The number of phenolic OH excluding ortho intramolecular Hbond substituents is 1. The molecule has 3 nitrogen and oxygen atoms in total. The summed E-state index contributed by atoms with van der Waals surface area (Å²) in [5, 5.41) is 13.4. The van der Waals surface area contributed by atoms with Gasteiger partial charge in [-0.3, -0.25) is 0 Å². The van der Waals surface area contributed by atoms with Gasteiger partial charge in [0.05, 0.1) is 5.69 Å². The smallest absolute Gasteiger partial charge is 0.139 e. The first-order chi connectivity index (χ1) is 8.27. The van der Waals surface area contributed by atoms with Gasteiger partial charge < -0.3 is 16.2 Å². The lowest BCUT2D eigenvalue weighted by atomic mass is 9.80. The number of anilines is 1. The van der Waals surface area contributed by atoms with Crippen molar-refractivity contribution in [2.45, 2.75) is 44.2 Å². The van der Waals surface area contributed by atoms with Crippen LogP contribution in [0.5, 0.6) is 5.75 Å². The third-order valence-electron chi connectivity index (χ3n) is 4.29. The van der Waals surface area contributed by atoms with Gasteiger partial charge in [-0.25, -0.2) is 0 Å². The summed E-state index contributed by atoms with van der Waals surface area (Å²) < 4.78 is 0. The molecule has 3 unspecified atom stereocenters. The number of fused-ring (bicyclic) bond motifs is 2. The summed E-state index contributed by atoms with van der Waals surface area (Å²) in [6, 6.07) is 6.16. The Hall–Kier alpha value is -1.22. The van der Waals surface area contributed by atoms with Crippen LogP contribution in [0.4, 0.5) is 5.69 Å². The van der Waals surface area contributed by atoms with Crippen LogP contribution in [-0.4, -0.2) is 11.1 Å². The van der Waals surface area contributed by atoms with Gasteiger partial charge in [0.1, 0.15) is 5.75 Å². The highest BCUT2D eigenvalue weighted by molar-refractivity contribution is 5.64. The summed E-state index contributed by atoms with van der Waals surface area (Å²) in [5.41, 5.74) is 8.33. The maximum absolute atomic E-state index is 9.92. The Morgan fingerprint density at radius 1 is 1.18 bits per heavy atom. The predicted molar refractivity (Wildman–Crippen MR) is 69.0 cm³/mol. The van der Waals surface area contributed by atoms with E-state index in [1.54, 1.807) is 6.07 Å². The van der Waals surface area contributed by atoms with E-state index >= 15 is 0 Å². The van der Waals surface area contributed by atoms with Crippen LogP contribution in [0.3, 0.4) is 0 Å². The van der Waals surface area contributed by atoms with Crippen molar-refractivity contribution in [2.75, 3.05) is 5.32 Å². The molecular formula is C14H20N2O. The van der Waals surface area contributed by atoms with Crippen LogP contribution in [0.15, 0.2) is 18.2 Å². The van der Waals surface area contributed by atoms with Gasteiger partial charge >= 0.3 is 0 Å². The highest BCUT2D eigenvalue weighted by atomic mass is 16.3. The minimum Gasteiger partial charge on any atom is -0.506 e. The predicted octanol–water partition coefficient (Wildman–Crippen LogP) is 2.77. The lowest BCUT2D eigenvalue weighted by Gasteiger charge is -2.38. The van der Waals surface area contributed by atoms with Crippen molar-refractivity contribution in [3.05, 3.63) is 23.8 Å². The van der Waals surface area contributed by atoms with Gasteiger partial charge in [-0.1, -0.05) is 31.4 Å². The van der Waals surface area contributed by atoms with Gasteiger partial charge in [0.2, 0.25) is 0 Å². The molecule has 17 heavy (non-hydrogen) atoms. The molecule has 4 N–H and O–H groups in total. The second-order valence-corrected chi connectivity index (χ2v) is 5.32. The number of nitrogens with one attached hydrogen (secondary N) is 1. The Kier molecular flexibility index (Phi) is 2.71. The molecule has 0 spiro atoms. The minimum absolute atomic E-state index is 0.0708. The van der Waals surface area contributed by atoms with Crippen molar-refractivity contribution in [3.8, 4) is 5.75 Å². The van der Waals surface area contributed by atoms with E-state index in [-0.39, 0.29) is 6.04 Å². The number of hydrogen-bond donors (Lipinski definition) is 3. The molecular weight excluding hydrogens is 212 g/mol. The number of phenols is 1. The summed E-state index contributed by atoms with van der Waals surface area (Å²) in [4.78, 5) is 0. The van der Waals surface area contributed by atoms with E-state index in [2.05, 4.69) is 5.32 Å². The lowest BCUT2D eigenvalue weighted by molar-refractivity contribution is 0.336. The number of para-hydroxylation sites is 1. The van der Waals surface area contributed by atoms with Gasteiger partial charge in [-0.05, 0) is 30.4 Å². The number of hydrogen-bond acceptors (Lipinski definition) is 3. The highest BCUT2D eigenvalue weighted by Gasteiger charge is 2.35. The molecule has 2 aliphatic rings. The van der Waals surface area contributed by atoms with Gasteiger partial charge in [0.15, 0.2) is 0 Å². The van der Waals surface area contributed by atoms with E-state index < -0.39 is 0 Å². The highest BCUT2D eigenvalue weighted by Crippen LogP contribution is 2.44. The van der Waals surface area contributed by atoms with Crippen molar-refractivity contribution in [1.29, 1.82) is 0 Å². The molecule has 1 fully saturated rings. The van der Waals surface area contributed by atoms with Crippen LogP contribution in [0, 0.1) is 5.92 Å². The molecule has 92 valence electrons. The molecule has 1 aliphatic heterocycles. The van der Waals surface area contributed by atoms with E-state index in [1.165, 1.54) is 32.1 Å². The Morgan fingerprint density at radius 3 is 2.88 bits per heavy atom. The molecule has 0 radical (unpaired) electrons. The normalized spacial score (nSPS) is 31.9. The lowest BCUT2D eigenvalue weighted by Crippen LogP contribution is -2.40. The Labute approximate surface area is 102 Å². The van der Waals surface area contributed by atoms with Crippen molar-refractivity contribution in [3.63, 3.8) is 0 Å². The number of benzene rings is 1. The fourth-order valence-corrected chi connectivity index (χ4v) is 3.35. The second-order valence-electron chi connectivity index (χ2n) is 5.32. The topological polar surface area (TPSA) is 58.3 Å². The second kappa shape index (κ2) is 4.22. The van der Waals surface area contributed by atoms with Crippen LogP contribution >= 0.6 is 0 Å². The third-order valence-corrected chi connectivity index (χ3v) is 4.29. The van der Waals surface area contributed by atoms with Crippen LogP contribution in [0.2, 0.25) is 0 Å². The van der Waals surface area contributed by atoms with Crippen molar-refractivity contribution >= 4 is 5.69 Å². The van der Waals surface area contributed by atoms with Crippen molar-refractivity contribution in [2.24, 2.45) is 11.7 Å². The van der Waals surface area contributed by atoms with Gasteiger partial charge in [0.25, 0.3) is 0 Å². The van der Waals surface area contributed by atoms with Crippen LogP contribution in [-0.2, 0) is 0 Å². The number of aromatic hydroxyl groups is 1. The molecule has 1 aromatic rings. The van der Waals surface area contributed by atoms with Crippen molar-refractivity contribution in [1.82, 2.24) is 0 Å². The zero-order valence-electron chi connectivity index (χ0n) is 10.0. The molecule has 3 rings (SSSR count). The summed E-state index contributed by atoms with van der Waals surface area (Å²) >= 11 is 0. The zero-order chi connectivity index (χ0) is 11.8. The molecule has 1 heterocycles. The van der Waals surface area contributed by atoms with E-state index in [0.717, 1.165) is 11.3 Å². The minimum atomic E-state index is 0.0708. The third kappa shape index (κ3) is 1.78. The standard InChI is InChI=1S/C14H20N2O/c15-13-9-5-2-1-3-7-11(9)16-14-10(13)6-4-8-12(14)17/h4,6,8-9,11,13,16-17H,1-3,5,7,15H2. The maximum Gasteiger partial charge on any atom is 0.139 e. The van der Waals surface area contributed by atoms with E-state index in [4.69, 9.17) is 5.73 Å². The van der Waals surface area contributed by atoms with E-state index in [0.29, 0.717) is 17.7 Å². The monoisotopic (exact) mass is 232 g/mol. The average molecular weight is 232 g/mol. The summed E-state index contributed by atoms with van der Waals surface area (Å²) in [7, 11) is 0. The van der Waals surface area contributed by atoms with Crippen LogP contribution in [0.25, 0.3) is 0 Å². The molecule has 0 amide bonds. The molecule has 1 saturated carbocycles. The maximum atomic E-state index is 9.92. The SMILES string of the molecule is NC1c2cccc(O)c2NC2CCCCCC21. The first-order valence-electron chi connectivity index (χ1n) is 6.61. The number of rotatable bonds is 0. The molecule has 0 aromatic heterocycles. The largest absolute Gasteiger partial charge is 0.506 e. The molecule has 3 heteroatoms. The van der Waals surface area contributed by atoms with Gasteiger partial charge in [0, 0.05) is 12.1 Å². The van der Waals surface area contributed by atoms with Gasteiger partial charge in [-0.15, -0.1) is 0 Å². The van der Waals surface area contributed by atoms with Crippen molar-refractivity contribution < 1.29 is 5.11 Å². The average Bonchev–Trinajstić information content (AvgIpc) is 2.56. The molecule has 0 bridgehead atoms. The molecule has 3 atom stereocenters. The van der Waals surface area contributed by atoms with Crippen LogP contribution < -0.4 is 11.1 Å². The Balaban J connectivity index is 2.00. The van der Waals surface area contributed by atoms with Gasteiger partial charge in [-0.2, -0.15) is 0 Å². The fourth-order valence-electron chi connectivity index (χ4n) is 3.35. The molecule has 1 aliphatic carbocycles.